The Morgan fingerprint density at radius 2 is 0.652 bits per heavy atom. The highest BCUT2D eigenvalue weighted by molar-refractivity contribution is 5.70. The van der Waals surface area contributed by atoms with Gasteiger partial charge >= 0.3 is 11.9 Å². The van der Waals surface area contributed by atoms with Crippen LogP contribution in [0.3, 0.4) is 0 Å². The molecule has 1 atom stereocenters. The van der Waals surface area contributed by atoms with Crippen molar-refractivity contribution >= 4 is 11.9 Å². The number of carbonyl (C=O) groups is 2. The van der Waals surface area contributed by atoms with Gasteiger partial charge in [-0.15, -0.1) is 0 Å². The Kier molecular flexibility index (Phi) is 54.9. The lowest BCUT2D eigenvalue weighted by atomic mass is 10.0. The minimum Gasteiger partial charge on any atom is -0.462 e. The molecule has 0 rings (SSSR count). The van der Waals surface area contributed by atoms with E-state index in [1.165, 1.54) is 199 Å². The molecule has 0 aliphatic heterocycles. The second kappa shape index (κ2) is 56.9. The van der Waals surface area contributed by atoms with Gasteiger partial charge in [-0.3, -0.25) is 9.59 Å². The Bertz CT molecular complexity index is 1130. The van der Waals surface area contributed by atoms with E-state index in [4.69, 9.17) is 9.47 Å². The SMILES string of the molecule is CC/C=C\C/C=C\C/C=C\C/C=C\C/C=C\CCCCCCCCCCCCCC(=O)OC(CO)COC(=O)CCCCCCCCCCCCCCCCCCCCCCCCCCC. The van der Waals surface area contributed by atoms with Crippen LogP contribution in [0.2, 0.25) is 0 Å². The van der Waals surface area contributed by atoms with E-state index in [1.807, 2.05) is 0 Å². The molecule has 0 saturated heterocycles. The molecule has 0 aliphatic carbocycles. The predicted molar refractivity (Wildman–Crippen MR) is 288 cm³/mol. The number of ether oxygens (including phenoxy) is 2. The standard InChI is InChI=1S/C61H110O5/c1-3-5-7-9-11-13-15-17-19-21-23-25-27-29-30-32-34-36-38-40-42-44-46-48-50-52-54-56-61(64)66-59(57-62)58-65-60(63)55-53-51-49-47-45-43-41-39-37-35-33-31-28-26-24-22-20-18-16-14-12-10-8-6-4-2/h5,7,11,13,17,19,23,25,29-30,59,62H,3-4,6,8-10,12,14-16,18,20-22,24,26-28,31-58H2,1-2H3/b7-5-,13-11-,19-17-,25-23-,30-29-. The van der Waals surface area contributed by atoms with Crippen molar-refractivity contribution in [1.82, 2.24) is 0 Å². The van der Waals surface area contributed by atoms with E-state index in [1.54, 1.807) is 0 Å². The quantitative estimate of drug-likeness (QED) is 0.0374. The molecule has 5 nitrogen and oxygen atoms in total. The highest BCUT2D eigenvalue weighted by atomic mass is 16.6. The molecule has 0 aromatic rings. The van der Waals surface area contributed by atoms with E-state index in [0.717, 1.165) is 70.6 Å². The summed E-state index contributed by atoms with van der Waals surface area (Å²) >= 11 is 0. The highest BCUT2D eigenvalue weighted by Crippen LogP contribution is 2.17. The topological polar surface area (TPSA) is 72.8 Å². The molecule has 0 aliphatic rings. The number of rotatable bonds is 53. The van der Waals surface area contributed by atoms with Gasteiger partial charge in [-0.2, -0.15) is 0 Å². The summed E-state index contributed by atoms with van der Waals surface area (Å²) in [6.45, 7) is 4.07. The molecule has 0 aromatic heterocycles. The van der Waals surface area contributed by atoms with Crippen molar-refractivity contribution in [3.05, 3.63) is 60.8 Å². The highest BCUT2D eigenvalue weighted by Gasteiger charge is 2.16. The Hall–Kier alpha value is -2.40. The first-order valence-electron chi connectivity index (χ1n) is 28.8. The van der Waals surface area contributed by atoms with Crippen LogP contribution in [-0.2, 0) is 19.1 Å². The van der Waals surface area contributed by atoms with E-state index in [0.29, 0.717) is 12.8 Å². The molecule has 384 valence electrons. The van der Waals surface area contributed by atoms with Crippen LogP contribution < -0.4 is 0 Å². The number of carbonyl (C=O) groups excluding carboxylic acids is 2. The van der Waals surface area contributed by atoms with Crippen LogP contribution in [0.25, 0.3) is 0 Å². The first kappa shape index (κ1) is 63.6. The summed E-state index contributed by atoms with van der Waals surface area (Å²) in [5.74, 6) is -0.581. The Balaban J connectivity index is 3.47. The second-order valence-electron chi connectivity index (χ2n) is 19.3. The zero-order chi connectivity index (χ0) is 47.7. The second-order valence-corrected chi connectivity index (χ2v) is 19.3. The number of aliphatic hydroxyl groups excluding tert-OH is 1. The minimum atomic E-state index is -0.774. The normalized spacial score (nSPS) is 12.6. The molecule has 1 unspecified atom stereocenters. The number of hydrogen-bond donors (Lipinski definition) is 1. The third-order valence-electron chi connectivity index (χ3n) is 12.8. The van der Waals surface area contributed by atoms with Gasteiger partial charge in [0.05, 0.1) is 6.61 Å². The molecule has 0 fully saturated rings. The van der Waals surface area contributed by atoms with Gasteiger partial charge < -0.3 is 14.6 Å². The number of unbranched alkanes of at least 4 members (excludes halogenated alkanes) is 35. The van der Waals surface area contributed by atoms with Gasteiger partial charge in [-0.25, -0.2) is 0 Å². The fourth-order valence-electron chi connectivity index (χ4n) is 8.53. The van der Waals surface area contributed by atoms with Crippen molar-refractivity contribution < 1.29 is 24.2 Å². The van der Waals surface area contributed by atoms with Crippen LogP contribution in [0.15, 0.2) is 60.8 Å². The molecule has 0 radical (unpaired) electrons. The smallest absolute Gasteiger partial charge is 0.306 e. The van der Waals surface area contributed by atoms with Gasteiger partial charge in [0, 0.05) is 12.8 Å². The van der Waals surface area contributed by atoms with E-state index >= 15 is 0 Å². The van der Waals surface area contributed by atoms with Crippen LogP contribution in [0.1, 0.15) is 296 Å². The third kappa shape index (κ3) is 54.2. The molecule has 0 spiro atoms. The maximum Gasteiger partial charge on any atom is 0.306 e. The first-order chi connectivity index (χ1) is 32.6. The number of allylic oxidation sites excluding steroid dienone is 10. The molecular weight excluding hydrogens is 813 g/mol. The van der Waals surface area contributed by atoms with Crippen molar-refractivity contribution in [2.45, 2.75) is 302 Å². The van der Waals surface area contributed by atoms with Gasteiger partial charge in [0.25, 0.3) is 0 Å². The largest absolute Gasteiger partial charge is 0.462 e. The number of aliphatic hydroxyl groups is 1. The summed E-state index contributed by atoms with van der Waals surface area (Å²) in [6.07, 6.45) is 76.3. The molecule has 5 heteroatoms. The van der Waals surface area contributed by atoms with Crippen LogP contribution in [0.4, 0.5) is 0 Å². The van der Waals surface area contributed by atoms with Crippen molar-refractivity contribution in [3.63, 3.8) is 0 Å². The summed E-state index contributed by atoms with van der Waals surface area (Å²) in [5.41, 5.74) is 0. The molecule has 0 aromatic carbocycles. The Morgan fingerprint density at radius 1 is 0.364 bits per heavy atom. The van der Waals surface area contributed by atoms with Crippen LogP contribution in [0.5, 0.6) is 0 Å². The molecule has 1 N–H and O–H groups in total. The van der Waals surface area contributed by atoms with Crippen molar-refractivity contribution in [1.29, 1.82) is 0 Å². The van der Waals surface area contributed by atoms with E-state index in [-0.39, 0.29) is 25.2 Å². The Morgan fingerprint density at radius 3 is 0.985 bits per heavy atom. The molecule has 66 heavy (non-hydrogen) atoms. The van der Waals surface area contributed by atoms with Crippen molar-refractivity contribution in [2.75, 3.05) is 13.2 Å². The van der Waals surface area contributed by atoms with Gasteiger partial charge in [-0.05, 0) is 57.8 Å². The third-order valence-corrected chi connectivity index (χ3v) is 12.8. The molecule has 0 amide bonds. The van der Waals surface area contributed by atoms with Crippen LogP contribution in [-0.4, -0.2) is 36.4 Å². The monoisotopic (exact) mass is 923 g/mol. The Labute approximate surface area is 411 Å². The van der Waals surface area contributed by atoms with Crippen molar-refractivity contribution in [3.8, 4) is 0 Å². The molecule has 0 heterocycles. The predicted octanol–water partition coefficient (Wildman–Crippen LogP) is 19.4. The lowest BCUT2D eigenvalue weighted by Crippen LogP contribution is -2.28. The molecule has 0 bridgehead atoms. The summed E-state index contributed by atoms with van der Waals surface area (Å²) in [6, 6.07) is 0. The summed E-state index contributed by atoms with van der Waals surface area (Å²) in [4.78, 5) is 24.5. The van der Waals surface area contributed by atoms with E-state index in [9.17, 15) is 14.7 Å². The van der Waals surface area contributed by atoms with Crippen LogP contribution >= 0.6 is 0 Å². The van der Waals surface area contributed by atoms with Gasteiger partial charge in [-0.1, -0.05) is 286 Å². The number of hydrogen-bond acceptors (Lipinski definition) is 5. The summed E-state index contributed by atoms with van der Waals surface area (Å²) < 4.78 is 10.7. The van der Waals surface area contributed by atoms with Crippen LogP contribution in [0, 0.1) is 0 Å². The maximum absolute atomic E-state index is 12.3. The molecule has 0 saturated carbocycles. The van der Waals surface area contributed by atoms with E-state index in [2.05, 4.69) is 74.6 Å². The summed E-state index contributed by atoms with van der Waals surface area (Å²) in [7, 11) is 0. The fourth-order valence-corrected chi connectivity index (χ4v) is 8.53. The lowest BCUT2D eigenvalue weighted by Gasteiger charge is -2.15. The minimum absolute atomic E-state index is 0.0647. The van der Waals surface area contributed by atoms with Crippen molar-refractivity contribution in [2.24, 2.45) is 0 Å². The number of esters is 2. The molecular formula is C61H110O5. The average Bonchev–Trinajstić information content (AvgIpc) is 3.32. The summed E-state index contributed by atoms with van der Waals surface area (Å²) in [5, 5.41) is 9.66. The first-order valence-corrected chi connectivity index (χ1v) is 28.8. The van der Waals surface area contributed by atoms with Gasteiger partial charge in [0.1, 0.15) is 6.61 Å². The van der Waals surface area contributed by atoms with Gasteiger partial charge in [0.15, 0.2) is 6.10 Å². The fraction of sp³-hybridized carbons (Fsp3) is 0.803. The lowest BCUT2D eigenvalue weighted by molar-refractivity contribution is -0.161. The maximum atomic E-state index is 12.3. The average molecular weight is 924 g/mol. The zero-order valence-corrected chi connectivity index (χ0v) is 44.0. The van der Waals surface area contributed by atoms with Gasteiger partial charge in [0.2, 0.25) is 0 Å². The van der Waals surface area contributed by atoms with E-state index < -0.39 is 6.10 Å². The zero-order valence-electron chi connectivity index (χ0n) is 44.0.